The summed E-state index contributed by atoms with van der Waals surface area (Å²) in [5, 5.41) is 3.18. The summed E-state index contributed by atoms with van der Waals surface area (Å²) in [6.07, 6.45) is -0.0208. The first-order chi connectivity index (χ1) is 5.58. The van der Waals surface area contributed by atoms with Gasteiger partial charge in [-0.15, -0.1) is 0 Å². The van der Waals surface area contributed by atoms with E-state index < -0.39 is 5.92 Å². The van der Waals surface area contributed by atoms with Gasteiger partial charge >= 0.3 is 0 Å². The number of piperazine rings is 1. The first-order valence-electron chi connectivity index (χ1n) is 4.39. The highest BCUT2D eigenvalue weighted by Gasteiger charge is 2.22. The highest BCUT2D eigenvalue weighted by atomic mass is 19.3. The van der Waals surface area contributed by atoms with Crippen LogP contribution in [0.25, 0.3) is 0 Å². The Balaban J connectivity index is 2.13. The lowest BCUT2D eigenvalue weighted by atomic mass is 10.2. The molecule has 4 heteroatoms. The van der Waals surface area contributed by atoms with Crippen LogP contribution in [0.4, 0.5) is 8.78 Å². The Morgan fingerprint density at radius 1 is 1.33 bits per heavy atom. The lowest BCUT2D eigenvalue weighted by Gasteiger charge is -2.27. The van der Waals surface area contributed by atoms with Crippen molar-refractivity contribution in [2.45, 2.75) is 19.3 Å². The van der Waals surface area contributed by atoms with Crippen molar-refractivity contribution in [2.75, 3.05) is 32.7 Å². The van der Waals surface area contributed by atoms with Gasteiger partial charge in [-0.1, -0.05) is 0 Å². The second-order valence-corrected chi connectivity index (χ2v) is 3.41. The van der Waals surface area contributed by atoms with Crippen molar-refractivity contribution in [3.05, 3.63) is 0 Å². The van der Waals surface area contributed by atoms with Crippen molar-refractivity contribution >= 4 is 0 Å². The maximum Gasteiger partial charge on any atom is 0.246 e. The maximum absolute atomic E-state index is 12.4. The Morgan fingerprint density at radius 3 is 2.42 bits per heavy atom. The summed E-state index contributed by atoms with van der Waals surface area (Å²) in [5.74, 6) is -2.51. The van der Waals surface area contributed by atoms with E-state index in [9.17, 15) is 8.78 Å². The molecule has 1 fully saturated rings. The zero-order valence-corrected chi connectivity index (χ0v) is 7.45. The molecule has 0 aromatic carbocycles. The minimum Gasteiger partial charge on any atom is -0.314 e. The molecule has 1 heterocycles. The van der Waals surface area contributed by atoms with Gasteiger partial charge in [0.25, 0.3) is 0 Å². The van der Waals surface area contributed by atoms with E-state index in [1.807, 2.05) is 0 Å². The minimum absolute atomic E-state index is 0.0208. The average molecular weight is 178 g/mol. The summed E-state index contributed by atoms with van der Waals surface area (Å²) in [6.45, 7) is 5.15. The van der Waals surface area contributed by atoms with Gasteiger partial charge in [-0.3, -0.25) is 0 Å². The molecule has 72 valence electrons. The molecule has 12 heavy (non-hydrogen) atoms. The second kappa shape index (κ2) is 4.14. The monoisotopic (exact) mass is 178 g/mol. The molecule has 0 bridgehead atoms. The van der Waals surface area contributed by atoms with E-state index in [1.54, 1.807) is 0 Å². The van der Waals surface area contributed by atoms with Crippen LogP contribution in [0.3, 0.4) is 0 Å². The van der Waals surface area contributed by atoms with Crippen molar-refractivity contribution in [3.63, 3.8) is 0 Å². The highest BCUT2D eigenvalue weighted by molar-refractivity contribution is 4.70. The van der Waals surface area contributed by atoms with Crippen LogP contribution in [0.5, 0.6) is 0 Å². The Hall–Kier alpha value is -0.220. The number of hydrogen-bond acceptors (Lipinski definition) is 2. The van der Waals surface area contributed by atoms with Crippen LogP contribution in [0.1, 0.15) is 13.3 Å². The molecule has 0 spiro atoms. The highest BCUT2D eigenvalue weighted by Crippen LogP contribution is 2.16. The number of rotatable bonds is 3. The topological polar surface area (TPSA) is 15.3 Å². The van der Waals surface area contributed by atoms with Crippen LogP contribution in [-0.2, 0) is 0 Å². The quantitative estimate of drug-likeness (QED) is 0.691. The van der Waals surface area contributed by atoms with Gasteiger partial charge in [0.05, 0.1) is 0 Å². The van der Waals surface area contributed by atoms with Crippen LogP contribution in [0.15, 0.2) is 0 Å². The number of nitrogens with zero attached hydrogens (tertiary/aromatic N) is 1. The van der Waals surface area contributed by atoms with E-state index in [1.165, 1.54) is 0 Å². The van der Waals surface area contributed by atoms with Crippen LogP contribution in [0, 0.1) is 0 Å². The van der Waals surface area contributed by atoms with Gasteiger partial charge in [-0.25, -0.2) is 8.78 Å². The fourth-order valence-electron chi connectivity index (χ4n) is 1.29. The summed E-state index contributed by atoms with van der Waals surface area (Å²) in [5.41, 5.74) is 0. The molecule has 1 saturated heterocycles. The van der Waals surface area contributed by atoms with Crippen molar-refractivity contribution in [1.29, 1.82) is 0 Å². The number of hydrogen-bond donors (Lipinski definition) is 1. The summed E-state index contributed by atoms with van der Waals surface area (Å²) >= 11 is 0. The van der Waals surface area contributed by atoms with Gasteiger partial charge in [-0.05, 0) is 6.92 Å². The first-order valence-corrected chi connectivity index (χ1v) is 4.39. The van der Waals surface area contributed by atoms with E-state index in [4.69, 9.17) is 0 Å². The van der Waals surface area contributed by atoms with Crippen molar-refractivity contribution in [2.24, 2.45) is 0 Å². The summed E-state index contributed by atoms with van der Waals surface area (Å²) in [6, 6.07) is 0. The lowest BCUT2D eigenvalue weighted by Crippen LogP contribution is -2.44. The van der Waals surface area contributed by atoms with E-state index in [0.717, 1.165) is 33.1 Å². The van der Waals surface area contributed by atoms with Crippen molar-refractivity contribution < 1.29 is 8.78 Å². The van der Waals surface area contributed by atoms with Gasteiger partial charge in [0.15, 0.2) is 0 Å². The summed E-state index contributed by atoms with van der Waals surface area (Å²) in [4.78, 5) is 2.08. The Labute approximate surface area is 71.9 Å². The largest absolute Gasteiger partial charge is 0.314 e. The number of nitrogens with one attached hydrogen (secondary N) is 1. The molecule has 1 rings (SSSR count). The fraction of sp³-hybridized carbons (Fsp3) is 1.00. The zero-order chi connectivity index (χ0) is 9.03. The van der Waals surface area contributed by atoms with Crippen LogP contribution >= 0.6 is 0 Å². The molecule has 0 saturated carbocycles. The minimum atomic E-state index is -2.51. The molecule has 0 aromatic rings. The predicted octanol–water partition coefficient (Wildman–Crippen LogP) is 0.937. The molecule has 0 radical (unpaired) electrons. The predicted molar refractivity (Wildman–Crippen MR) is 44.5 cm³/mol. The smallest absolute Gasteiger partial charge is 0.246 e. The van der Waals surface area contributed by atoms with Crippen LogP contribution in [0.2, 0.25) is 0 Å². The summed E-state index contributed by atoms with van der Waals surface area (Å²) < 4.78 is 24.9. The number of halogens is 2. The molecule has 2 nitrogen and oxygen atoms in total. The number of alkyl halides is 2. The summed E-state index contributed by atoms with van der Waals surface area (Å²) in [7, 11) is 0. The normalized spacial score (nSPS) is 21.2. The fourth-order valence-corrected chi connectivity index (χ4v) is 1.29. The molecule has 1 aliphatic rings. The third-order valence-corrected chi connectivity index (χ3v) is 2.08. The third-order valence-electron chi connectivity index (χ3n) is 2.08. The van der Waals surface area contributed by atoms with Gasteiger partial charge in [0.1, 0.15) is 0 Å². The van der Waals surface area contributed by atoms with Gasteiger partial charge in [-0.2, -0.15) is 0 Å². The molecule has 0 amide bonds. The molecular weight excluding hydrogens is 162 g/mol. The van der Waals surface area contributed by atoms with Crippen molar-refractivity contribution in [3.8, 4) is 0 Å². The van der Waals surface area contributed by atoms with E-state index >= 15 is 0 Å². The molecular formula is C8H16F2N2. The molecule has 0 aliphatic carbocycles. The molecule has 0 aromatic heterocycles. The molecule has 0 atom stereocenters. The first kappa shape index (κ1) is 9.86. The SMILES string of the molecule is CC(F)(F)CCN1CCNCC1. The van der Waals surface area contributed by atoms with Gasteiger partial charge < -0.3 is 10.2 Å². The average Bonchev–Trinajstić information content (AvgIpc) is 2.02. The maximum atomic E-state index is 12.4. The van der Waals surface area contributed by atoms with Crippen LogP contribution < -0.4 is 5.32 Å². The second-order valence-electron chi connectivity index (χ2n) is 3.41. The lowest BCUT2D eigenvalue weighted by molar-refractivity contribution is 0.00229. The zero-order valence-electron chi connectivity index (χ0n) is 7.45. The van der Waals surface area contributed by atoms with E-state index in [2.05, 4.69) is 10.2 Å². The molecule has 0 unspecified atom stereocenters. The Bertz CT molecular complexity index is 128. The Kier molecular flexibility index (Phi) is 3.40. The van der Waals surface area contributed by atoms with Gasteiger partial charge in [0.2, 0.25) is 5.92 Å². The van der Waals surface area contributed by atoms with E-state index in [-0.39, 0.29) is 6.42 Å². The van der Waals surface area contributed by atoms with Crippen LogP contribution in [-0.4, -0.2) is 43.5 Å². The Morgan fingerprint density at radius 2 is 1.92 bits per heavy atom. The van der Waals surface area contributed by atoms with Crippen molar-refractivity contribution in [1.82, 2.24) is 10.2 Å². The molecule has 1 aliphatic heterocycles. The third kappa shape index (κ3) is 3.97. The standard InChI is InChI=1S/C8H16F2N2/c1-8(9,10)2-5-12-6-3-11-4-7-12/h11H,2-7H2,1H3. The van der Waals surface area contributed by atoms with Gasteiger partial charge in [0, 0.05) is 39.1 Å². The van der Waals surface area contributed by atoms with E-state index in [0.29, 0.717) is 6.54 Å². The molecule has 1 N–H and O–H groups in total.